The molecule has 0 aliphatic carbocycles. The summed E-state index contributed by atoms with van der Waals surface area (Å²) in [5.74, 6) is 0. The van der Waals surface area contributed by atoms with Crippen molar-refractivity contribution in [3.8, 4) is 0 Å². The second-order valence-electron chi connectivity index (χ2n) is 4.86. The van der Waals surface area contributed by atoms with E-state index in [1.54, 1.807) is 11.0 Å². The van der Waals surface area contributed by atoms with E-state index in [4.69, 9.17) is 11.6 Å². The molecule has 0 saturated carbocycles. The quantitative estimate of drug-likeness (QED) is 0.889. The van der Waals surface area contributed by atoms with Gasteiger partial charge in [0.05, 0.1) is 5.69 Å². The lowest BCUT2D eigenvalue weighted by molar-refractivity contribution is 0.525. The van der Waals surface area contributed by atoms with E-state index < -0.39 is 0 Å². The van der Waals surface area contributed by atoms with E-state index in [2.05, 4.69) is 27.3 Å². The van der Waals surface area contributed by atoms with Crippen LogP contribution in [-0.2, 0) is 13.5 Å². The number of nitrogens with zero attached hydrogens (tertiary/aromatic N) is 4. The van der Waals surface area contributed by atoms with E-state index >= 15 is 0 Å². The first kappa shape index (κ1) is 14.9. The molecule has 0 aromatic carbocycles. The van der Waals surface area contributed by atoms with Crippen molar-refractivity contribution >= 4 is 11.6 Å². The minimum absolute atomic E-state index is 0.150. The third-order valence-corrected chi connectivity index (χ3v) is 3.77. The second kappa shape index (κ2) is 6.81. The van der Waals surface area contributed by atoms with Crippen molar-refractivity contribution in [2.45, 2.75) is 32.7 Å². The second-order valence-corrected chi connectivity index (χ2v) is 5.22. The van der Waals surface area contributed by atoms with Crippen molar-refractivity contribution in [2.24, 2.45) is 7.05 Å². The van der Waals surface area contributed by atoms with Crippen LogP contribution in [0.3, 0.4) is 0 Å². The molecule has 0 amide bonds. The van der Waals surface area contributed by atoms with Crippen LogP contribution >= 0.6 is 11.6 Å². The molecule has 108 valence electrons. The Kier molecular flexibility index (Phi) is 5.09. The van der Waals surface area contributed by atoms with Crippen molar-refractivity contribution in [2.75, 3.05) is 6.54 Å². The lowest BCUT2D eigenvalue weighted by Gasteiger charge is -2.18. The third kappa shape index (κ3) is 3.35. The first-order valence-electron chi connectivity index (χ1n) is 6.79. The number of halogens is 1. The Morgan fingerprint density at radius 3 is 2.60 bits per heavy atom. The normalized spacial score (nSPS) is 12.6. The van der Waals surface area contributed by atoms with Gasteiger partial charge in [0.1, 0.15) is 11.5 Å². The van der Waals surface area contributed by atoms with E-state index in [0.29, 0.717) is 5.15 Å². The zero-order chi connectivity index (χ0) is 14.5. The van der Waals surface area contributed by atoms with E-state index in [-0.39, 0.29) is 6.04 Å². The monoisotopic (exact) mass is 293 g/mol. The molecule has 2 aromatic heterocycles. The standard InChI is InChI=1S/C14H20ClN5/c1-4-5-18-13(11-7-16-9-17-8-11)6-12-10(2)19-20(3)14(12)15/h7-9,13,18H,4-6H2,1-3H3. The molecule has 0 spiro atoms. The summed E-state index contributed by atoms with van der Waals surface area (Å²) in [7, 11) is 1.86. The lowest BCUT2D eigenvalue weighted by atomic mass is 10.0. The van der Waals surface area contributed by atoms with Gasteiger partial charge in [0.2, 0.25) is 0 Å². The molecule has 1 N–H and O–H groups in total. The van der Waals surface area contributed by atoms with Crippen LogP contribution in [0.2, 0.25) is 5.15 Å². The zero-order valence-electron chi connectivity index (χ0n) is 12.1. The van der Waals surface area contributed by atoms with Crippen molar-refractivity contribution < 1.29 is 0 Å². The molecule has 2 aromatic rings. The Balaban J connectivity index is 2.24. The fourth-order valence-corrected chi connectivity index (χ4v) is 2.48. The predicted octanol–water partition coefficient (Wildman–Crippen LogP) is 2.46. The Bertz CT molecular complexity index is 552. The van der Waals surface area contributed by atoms with Crippen LogP contribution in [0.15, 0.2) is 18.7 Å². The molecular weight excluding hydrogens is 274 g/mol. The van der Waals surface area contributed by atoms with Gasteiger partial charge in [-0.05, 0) is 26.3 Å². The number of aryl methyl sites for hydroxylation is 2. The Labute approximate surface area is 124 Å². The molecule has 20 heavy (non-hydrogen) atoms. The van der Waals surface area contributed by atoms with Crippen LogP contribution in [0.4, 0.5) is 0 Å². The number of hydrogen-bond acceptors (Lipinski definition) is 4. The van der Waals surface area contributed by atoms with Crippen molar-refractivity contribution in [1.29, 1.82) is 0 Å². The highest BCUT2D eigenvalue weighted by Crippen LogP contribution is 2.25. The number of rotatable bonds is 6. The molecule has 1 unspecified atom stereocenters. The summed E-state index contributed by atoms with van der Waals surface area (Å²) in [5, 5.41) is 8.58. The minimum atomic E-state index is 0.150. The SMILES string of the molecule is CCCNC(Cc1c(C)nn(C)c1Cl)c1cncnc1. The highest BCUT2D eigenvalue weighted by atomic mass is 35.5. The first-order chi connectivity index (χ1) is 9.63. The summed E-state index contributed by atoms with van der Waals surface area (Å²) in [4.78, 5) is 8.20. The van der Waals surface area contributed by atoms with Gasteiger partial charge in [0, 0.05) is 36.6 Å². The summed E-state index contributed by atoms with van der Waals surface area (Å²) < 4.78 is 1.71. The van der Waals surface area contributed by atoms with Crippen LogP contribution in [-0.4, -0.2) is 26.3 Å². The third-order valence-electron chi connectivity index (χ3n) is 3.30. The minimum Gasteiger partial charge on any atom is -0.310 e. The maximum absolute atomic E-state index is 6.32. The number of hydrogen-bond donors (Lipinski definition) is 1. The van der Waals surface area contributed by atoms with E-state index in [1.165, 1.54) is 0 Å². The predicted molar refractivity (Wildman–Crippen MR) is 79.7 cm³/mol. The van der Waals surface area contributed by atoms with Gasteiger partial charge < -0.3 is 5.32 Å². The smallest absolute Gasteiger partial charge is 0.130 e. The van der Waals surface area contributed by atoms with Crippen molar-refractivity contribution in [1.82, 2.24) is 25.1 Å². The van der Waals surface area contributed by atoms with E-state index in [1.807, 2.05) is 26.4 Å². The van der Waals surface area contributed by atoms with Crippen LogP contribution in [0.25, 0.3) is 0 Å². The fourth-order valence-electron chi connectivity index (χ4n) is 2.23. The van der Waals surface area contributed by atoms with Crippen molar-refractivity contribution in [3.63, 3.8) is 0 Å². The average Bonchev–Trinajstić information content (AvgIpc) is 2.70. The van der Waals surface area contributed by atoms with E-state index in [9.17, 15) is 0 Å². The molecule has 0 saturated heterocycles. The van der Waals surface area contributed by atoms with Gasteiger partial charge in [0.15, 0.2) is 0 Å². The summed E-state index contributed by atoms with van der Waals surface area (Å²) in [6.07, 6.45) is 7.10. The molecule has 2 rings (SSSR count). The van der Waals surface area contributed by atoms with Gasteiger partial charge in [-0.25, -0.2) is 9.97 Å². The molecule has 0 aliphatic rings. The molecule has 1 atom stereocenters. The lowest BCUT2D eigenvalue weighted by Crippen LogP contribution is -2.24. The van der Waals surface area contributed by atoms with Gasteiger partial charge in [-0.1, -0.05) is 18.5 Å². The van der Waals surface area contributed by atoms with Crippen molar-refractivity contribution in [3.05, 3.63) is 40.7 Å². The average molecular weight is 294 g/mol. The van der Waals surface area contributed by atoms with E-state index in [0.717, 1.165) is 36.2 Å². The molecule has 0 fully saturated rings. The Morgan fingerprint density at radius 2 is 2.05 bits per heavy atom. The van der Waals surface area contributed by atoms with Gasteiger partial charge in [-0.2, -0.15) is 5.10 Å². The van der Waals surface area contributed by atoms with Gasteiger partial charge in [-0.15, -0.1) is 0 Å². The summed E-state index contributed by atoms with van der Waals surface area (Å²) in [5.41, 5.74) is 3.12. The summed E-state index contributed by atoms with van der Waals surface area (Å²) in [6.45, 7) is 5.07. The van der Waals surface area contributed by atoms with Crippen LogP contribution in [0, 0.1) is 6.92 Å². The maximum Gasteiger partial charge on any atom is 0.130 e. The number of aromatic nitrogens is 4. The fraction of sp³-hybridized carbons (Fsp3) is 0.500. The zero-order valence-corrected chi connectivity index (χ0v) is 12.9. The van der Waals surface area contributed by atoms with Crippen LogP contribution in [0.1, 0.15) is 36.2 Å². The first-order valence-corrected chi connectivity index (χ1v) is 7.17. The van der Waals surface area contributed by atoms with Crippen LogP contribution < -0.4 is 5.32 Å². The highest BCUT2D eigenvalue weighted by molar-refractivity contribution is 6.30. The Hall–Kier alpha value is -1.46. The molecule has 0 radical (unpaired) electrons. The van der Waals surface area contributed by atoms with Gasteiger partial charge in [0.25, 0.3) is 0 Å². The maximum atomic E-state index is 6.32. The molecular formula is C14H20ClN5. The van der Waals surface area contributed by atoms with Crippen LogP contribution in [0.5, 0.6) is 0 Å². The summed E-state index contributed by atoms with van der Waals surface area (Å²) >= 11 is 6.32. The molecule has 2 heterocycles. The largest absolute Gasteiger partial charge is 0.310 e. The molecule has 6 heteroatoms. The molecule has 0 bridgehead atoms. The molecule has 5 nitrogen and oxygen atoms in total. The Morgan fingerprint density at radius 1 is 1.35 bits per heavy atom. The highest BCUT2D eigenvalue weighted by Gasteiger charge is 2.18. The number of nitrogens with one attached hydrogen (secondary N) is 1. The van der Waals surface area contributed by atoms with Gasteiger partial charge >= 0.3 is 0 Å². The molecule has 0 aliphatic heterocycles. The summed E-state index contributed by atoms with van der Waals surface area (Å²) in [6, 6.07) is 0.150. The topological polar surface area (TPSA) is 55.6 Å². The van der Waals surface area contributed by atoms with Gasteiger partial charge in [-0.3, -0.25) is 4.68 Å².